The molecular formula is C8H20O. The Balaban J connectivity index is 0. The Morgan fingerprint density at radius 1 is 1.11 bits per heavy atom. The van der Waals surface area contributed by atoms with Crippen molar-refractivity contribution in [2.24, 2.45) is 5.92 Å². The molecule has 0 heterocycles. The van der Waals surface area contributed by atoms with E-state index in [2.05, 4.69) is 6.92 Å². The minimum absolute atomic E-state index is 1.00. The van der Waals surface area contributed by atoms with Crippen LogP contribution in [0.4, 0.5) is 0 Å². The molecule has 0 spiro atoms. The number of hydrogen-bond donors (Lipinski definition) is 1. The summed E-state index contributed by atoms with van der Waals surface area (Å²) in [5, 5.41) is 7.00. The maximum Gasteiger partial charge on any atom is 0.0319 e. The summed E-state index contributed by atoms with van der Waals surface area (Å²) < 4.78 is 0. The van der Waals surface area contributed by atoms with Gasteiger partial charge in [-0.3, -0.25) is 0 Å². The lowest BCUT2D eigenvalue weighted by molar-refractivity contribution is 0.346. The molecule has 1 aliphatic carbocycles. The molecule has 0 aromatic carbocycles. The van der Waals surface area contributed by atoms with Crippen LogP contribution in [-0.2, 0) is 0 Å². The first-order valence-electron chi connectivity index (χ1n) is 3.84. The molecule has 58 valence electrons. The predicted molar refractivity (Wildman–Crippen MR) is 42.5 cm³/mol. The second kappa shape index (κ2) is 10.9. The van der Waals surface area contributed by atoms with Crippen LogP contribution in [-0.4, -0.2) is 12.2 Å². The zero-order valence-corrected chi connectivity index (χ0v) is 7.15. The van der Waals surface area contributed by atoms with Gasteiger partial charge in [0.2, 0.25) is 0 Å². The Labute approximate surface area is 59.1 Å². The summed E-state index contributed by atoms with van der Waals surface area (Å²) in [7, 11) is 1.00. The van der Waals surface area contributed by atoms with Gasteiger partial charge in [0.05, 0.1) is 0 Å². The van der Waals surface area contributed by atoms with Crippen molar-refractivity contribution in [2.75, 3.05) is 7.11 Å². The average Bonchev–Trinajstić information content (AvgIpc) is 1.93. The highest BCUT2D eigenvalue weighted by Gasteiger charge is 2.09. The monoisotopic (exact) mass is 132 g/mol. The smallest absolute Gasteiger partial charge is 0.0319 e. The highest BCUT2D eigenvalue weighted by atomic mass is 16.2. The number of rotatable bonds is 0. The van der Waals surface area contributed by atoms with E-state index in [0.717, 1.165) is 13.0 Å². The van der Waals surface area contributed by atoms with E-state index in [0.29, 0.717) is 0 Å². The molecule has 0 aliphatic heterocycles. The summed E-state index contributed by atoms with van der Waals surface area (Å²) in [6.45, 7) is 6.31. The lowest BCUT2D eigenvalue weighted by Gasteiger charge is -2.18. The molecule has 1 fully saturated rings. The van der Waals surface area contributed by atoms with E-state index in [9.17, 15) is 0 Å². The first kappa shape index (κ1) is 11.7. The Morgan fingerprint density at radius 2 is 1.33 bits per heavy atom. The van der Waals surface area contributed by atoms with Crippen molar-refractivity contribution in [2.45, 2.75) is 40.0 Å². The molecular weight excluding hydrogens is 112 g/mol. The van der Waals surface area contributed by atoms with E-state index in [1.165, 1.54) is 19.3 Å². The summed E-state index contributed by atoms with van der Waals surface area (Å²) >= 11 is 0. The molecule has 1 N–H and O–H groups in total. The van der Waals surface area contributed by atoms with Crippen molar-refractivity contribution >= 4 is 0 Å². The highest BCUT2D eigenvalue weighted by molar-refractivity contribution is 4.62. The van der Waals surface area contributed by atoms with Gasteiger partial charge in [0.1, 0.15) is 0 Å². The summed E-state index contributed by atoms with van der Waals surface area (Å²) in [4.78, 5) is 0. The minimum Gasteiger partial charge on any atom is -0.400 e. The molecule has 1 heteroatoms. The number of hydrogen-bond acceptors (Lipinski definition) is 1. The molecule has 1 aliphatic rings. The Bertz CT molecular complexity index is 31.5. The maximum absolute atomic E-state index is 7.00. The third kappa shape index (κ3) is 7.96. The van der Waals surface area contributed by atoms with Crippen molar-refractivity contribution in [3.63, 3.8) is 0 Å². The third-order valence-corrected chi connectivity index (χ3v) is 1.39. The van der Waals surface area contributed by atoms with Crippen LogP contribution in [0.3, 0.4) is 0 Å². The van der Waals surface area contributed by atoms with Gasteiger partial charge in [0, 0.05) is 7.11 Å². The fourth-order valence-electron chi connectivity index (χ4n) is 0.612. The first-order valence-corrected chi connectivity index (χ1v) is 3.84. The van der Waals surface area contributed by atoms with Gasteiger partial charge >= 0.3 is 0 Å². The molecule has 0 radical (unpaired) electrons. The molecule has 1 saturated carbocycles. The molecule has 9 heavy (non-hydrogen) atoms. The van der Waals surface area contributed by atoms with Crippen LogP contribution in [0.5, 0.6) is 0 Å². The van der Waals surface area contributed by atoms with Crippen molar-refractivity contribution in [3.8, 4) is 0 Å². The lowest BCUT2D eigenvalue weighted by Crippen LogP contribution is -2.04. The molecule has 0 atom stereocenters. The second-order valence-electron chi connectivity index (χ2n) is 2.04. The Kier molecular flexibility index (Phi) is 14.1. The van der Waals surface area contributed by atoms with Gasteiger partial charge in [0.25, 0.3) is 0 Å². The lowest BCUT2D eigenvalue weighted by atomic mass is 9.88. The molecule has 0 amide bonds. The summed E-state index contributed by atoms with van der Waals surface area (Å²) in [6, 6.07) is 0. The standard InChI is InChI=1S/C5H10.C2H6.CH4O/c1-5-3-2-4-5;2*1-2/h5H,2-4H2,1H3;1-2H3;2H,1H3. The molecule has 0 aromatic rings. The summed E-state index contributed by atoms with van der Waals surface area (Å²) in [5.74, 6) is 1.06. The summed E-state index contributed by atoms with van der Waals surface area (Å²) in [5.41, 5.74) is 0. The topological polar surface area (TPSA) is 20.2 Å². The van der Waals surface area contributed by atoms with Gasteiger partial charge in [-0.1, -0.05) is 40.0 Å². The van der Waals surface area contributed by atoms with E-state index in [1.807, 2.05) is 13.8 Å². The Morgan fingerprint density at radius 3 is 1.33 bits per heavy atom. The normalized spacial score (nSPS) is 15.7. The molecule has 1 nitrogen and oxygen atoms in total. The fourth-order valence-corrected chi connectivity index (χ4v) is 0.612. The SMILES string of the molecule is CC.CC1CCC1.CO. The van der Waals surface area contributed by atoms with E-state index >= 15 is 0 Å². The zero-order valence-electron chi connectivity index (χ0n) is 7.15. The summed E-state index contributed by atoms with van der Waals surface area (Å²) in [6.07, 6.45) is 4.46. The zero-order chi connectivity index (χ0) is 7.70. The van der Waals surface area contributed by atoms with Gasteiger partial charge in [-0.2, -0.15) is 0 Å². The van der Waals surface area contributed by atoms with E-state index in [1.54, 1.807) is 0 Å². The van der Waals surface area contributed by atoms with Gasteiger partial charge in [-0.25, -0.2) is 0 Å². The van der Waals surface area contributed by atoms with Crippen molar-refractivity contribution in [1.29, 1.82) is 0 Å². The van der Waals surface area contributed by atoms with Crippen LogP contribution in [0, 0.1) is 5.92 Å². The van der Waals surface area contributed by atoms with Crippen LogP contribution in [0.25, 0.3) is 0 Å². The quantitative estimate of drug-likeness (QED) is 0.536. The predicted octanol–water partition coefficient (Wildman–Crippen LogP) is 2.44. The second-order valence-corrected chi connectivity index (χ2v) is 2.04. The van der Waals surface area contributed by atoms with Gasteiger partial charge in [-0.15, -0.1) is 0 Å². The minimum atomic E-state index is 1.00. The van der Waals surface area contributed by atoms with Crippen LogP contribution in [0.15, 0.2) is 0 Å². The highest BCUT2D eigenvalue weighted by Crippen LogP contribution is 2.24. The van der Waals surface area contributed by atoms with Crippen LogP contribution in [0.1, 0.15) is 40.0 Å². The van der Waals surface area contributed by atoms with E-state index in [-0.39, 0.29) is 0 Å². The average molecular weight is 132 g/mol. The molecule has 1 rings (SSSR count). The molecule has 0 bridgehead atoms. The third-order valence-electron chi connectivity index (χ3n) is 1.39. The van der Waals surface area contributed by atoms with Crippen LogP contribution >= 0.6 is 0 Å². The van der Waals surface area contributed by atoms with Crippen LogP contribution in [0.2, 0.25) is 0 Å². The first-order chi connectivity index (χ1) is 4.39. The van der Waals surface area contributed by atoms with E-state index < -0.39 is 0 Å². The van der Waals surface area contributed by atoms with Gasteiger partial charge in [-0.05, 0) is 5.92 Å². The molecule has 0 unspecified atom stereocenters. The largest absolute Gasteiger partial charge is 0.400 e. The van der Waals surface area contributed by atoms with Crippen molar-refractivity contribution < 1.29 is 5.11 Å². The number of aliphatic hydroxyl groups is 1. The molecule has 0 saturated heterocycles. The van der Waals surface area contributed by atoms with Crippen LogP contribution < -0.4 is 0 Å². The van der Waals surface area contributed by atoms with Crippen molar-refractivity contribution in [3.05, 3.63) is 0 Å². The Hall–Kier alpha value is -0.0400. The van der Waals surface area contributed by atoms with Gasteiger partial charge < -0.3 is 5.11 Å². The maximum atomic E-state index is 7.00. The number of aliphatic hydroxyl groups excluding tert-OH is 1. The fraction of sp³-hybridized carbons (Fsp3) is 1.00. The van der Waals surface area contributed by atoms with E-state index in [4.69, 9.17) is 5.11 Å². The van der Waals surface area contributed by atoms with Gasteiger partial charge in [0.15, 0.2) is 0 Å². The molecule has 0 aromatic heterocycles. The van der Waals surface area contributed by atoms with Crippen molar-refractivity contribution in [1.82, 2.24) is 0 Å².